The summed E-state index contributed by atoms with van der Waals surface area (Å²) in [6.45, 7) is 6.56. The largest absolute Gasteiger partial charge is 0.378 e. The van der Waals surface area contributed by atoms with E-state index < -0.39 is 0 Å². The smallest absolute Gasteiger partial charge is 0.257 e. The van der Waals surface area contributed by atoms with Crippen molar-refractivity contribution in [2.24, 2.45) is 0 Å². The van der Waals surface area contributed by atoms with Crippen LogP contribution in [0.3, 0.4) is 0 Å². The summed E-state index contributed by atoms with van der Waals surface area (Å²) in [4.78, 5) is 30.3. The van der Waals surface area contributed by atoms with E-state index in [4.69, 9.17) is 4.74 Å². The molecule has 150 valence electrons. The van der Waals surface area contributed by atoms with Gasteiger partial charge in [-0.3, -0.25) is 9.59 Å². The average Bonchev–Trinajstić information content (AvgIpc) is 3.04. The summed E-state index contributed by atoms with van der Waals surface area (Å²) in [5.41, 5.74) is 5.32. The van der Waals surface area contributed by atoms with Gasteiger partial charge in [0.2, 0.25) is 5.91 Å². The van der Waals surface area contributed by atoms with Crippen molar-refractivity contribution in [1.29, 1.82) is 0 Å². The Labute approximate surface area is 169 Å². The van der Waals surface area contributed by atoms with Crippen LogP contribution in [0.15, 0.2) is 42.5 Å². The van der Waals surface area contributed by atoms with Gasteiger partial charge in [0.15, 0.2) is 0 Å². The predicted octanol–water partition coefficient (Wildman–Crippen LogP) is 3.44. The number of aryl methyl sites for hydroxylation is 2. The van der Waals surface area contributed by atoms with Gasteiger partial charge in [-0.2, -0.15) is 0 Å². The molecule has 1 aliphatic heterocycles. The van der Waals surface area contributed by atoms with Gasteiger partial charge in [0.25, 0.3) is 5.91 Å². The van der Waals surface area contributed by atoms with E-state index in [1.165, 1.54) is 0 Å². The van der Waals surface area contributed by atoms with Crippen LogP contribution < -0.4 is 5.32 Å². The maximum atomic E-state index is 12.8. The standard InChI is InChI=1S/C23H25N3O3/c1-15-16(2)24-22-19(15)4-3-5-20(22)23(28)25-18-8-6-17(7-9-18)14-21(27)26-10-12-29-13-11-26/h3-9,24H,10-14H2,1-2H3,(H,25,28). The molecular weight excluding hydrogens is 366 g/mol. The Kier molecular flexibility index (Phi) is 5.36. The fourth-order valence-electron chi connectivity index (χ4n) is 3.68. The number of rotatable bonds is 4. The third kappa shape index (κ3) is 4.03. The number of anilines is 1. The zero-order chi connectivity index (χ0) is 20.4. The molecule has 29 heavy (non-hydrogen) atoms. The van der Waals surface area contributed by atoms with Gasteiger partial charge in [0.1, 0.15) is 0 Å². The van der Waals surface area contributed by atoms with Crippen LogP contribution in [0, 0.1) is 13.8 Å². The molecule has 2 aromatic carbocycles. The molecule has 1 aromatic heterocycles. The van der Waals surface area contributed by atoms with Gasteiger partial charge in [-0.05, 0) is 43.2 Å². The minimum Gasteiger partial charge on any atom is -0.378 e. The molecule has 6 heteroatoms. The van der Waals surface area contributed by atoms with Crippen LogP contribution in [-0.2, 0) is 16.0 Å². The number of amides is 2. The first kappa shape index (κ1) is 19.2. The molecule has 1 aliphatic rings. The molecule has 2 amide bonds. The van der Waals surface area contributed by atoms with Crippen molar-refractivity contribution in [3.05, 3.63) is 64.8 Å². The van der Waals surface area contributed by atoms with Gasteiger partial charge in [0.05, 0.1) is 30.7 Å². The van der Waals surface area contributed by atoms with E-state index >= 15 is 0 Å². The van der Waals surface area contributed by atoms with E-state index in [2.05, 4.69) is 10.3 Å². The first-order valence-electron chi connectivity index (χ1n) is 9.86. The molecule has 0 unspecified atom stereocenters. The molecule has 1 saturated heterocycles. The number of carbonyl (C=O) groups is 2. The van der Waals surface area contributed by atoms with Gasteiger partial charge in [-0.1, -0.05) is 24.3 Å². The van der Waals surface area contributed by atoms with Crippen LogP contribution in [0.5, 0.6) is 0 Å². The zero-order valence-electron chi connectivity index (χ0n) is 16.7. The Morgan fingerprint density at radius 3 is 2.52 bits per heavy atom. The number of nitrogens with one attached hydrogen (secondary N) is 2. The minimum atomic E-state index is -0.158. The summed E-state index contributed by atoms with van der Waals surface area (Å²) in [7, 11) is 0. The highest BCUT2D eigenvalue weighted by Crippen LogP contribution is 2.25. The number of fused-ring (bicyclic) bond motifs is 1. The topological polar surface area (TPSA) is 74.4 Å². The third-order valence-electron chi connectivity index (χ3n) is 5.52. The number of ether oxygens (including phenoxy) is 1. The maximum Gasteiger partial charge on any atom is 0.257 e. The lowest BCUT2D eigenvalue weighted by molar-refractivity contribution is -0.134. The number of nitrogens with zero attached hydrogens (tertiary/aromatic N) is 1. The predicted molar refractivity (Wildman–Crippen MR) is 113 cm³/mol. The Hall–Kier alpha value is -3.12. The van der Waals surface area contributed by atoms with Crippen LogP contribution in [0.1, 0.15) is 27.2 Å². The van der Waals surface area contributed by atoms with Gasteiger partial charge >= 0.3 is 0 Å². The van der Waals surface area contributed by atoms with E-state index in [9.17, 15) is 9.59 Å². The number of benzene rings is 2. The number of carbonyl (C=O) groups excluding carboxylic acids is 2. The molecule has 0 bridgehead atoms. The summed E-state index contributed by atoms with van der Waals surface area (Å²) in [5.74, 6) is -0.0526. The first-order valence-corrected chi connectivity index (χ1v) is 9.86. The molecule has 4 rings (SSSR count). The molecule has 1 fully saturated rings. The van der Waals surface area contributed by atoms with Crippen molar-refractivity contribution >= 4 is 28.4 Å². The summed E-state index contributed by atoms with van der Waals surface area (Å²) in [6, 6.07) is 13.2. The molecule has 2 N–H and O–H groups in total. The van der Waals surface area contributed by atoms with Crippen molar-refractivity contribution in [2.75, 3.05) is 31.6 Å². The molecule has 0 spiro atoms. The van der Waals surface area contributed by atoms with E-state index in [-0.39, 0.29) is 11.8 Å². The lowest BCUT2D eigenvalue weighted by Gasteiger charge is -2.26. The minimum absolute atomic E-state index is 0.106. The molecule has 0 atom stereocenters. The molecule has 0 aliphatic carbocycles. The lowest BCUT2D eigenvalue weighted by atomic mass is 10.1. The summed E-state index contributed by atoms with van der Waals surface area (Å²) in [5, 5.41) is 4.01. The summed E-state index contributed by atoms with van der Waals surface area (Å²) < 4.78 is 5.29. The van der Waals surface area contributed by atoms with Crippen LogP contribution in [-0.4, -0.2) is 48.0 Å². The highest BCUT2D eigenvalue weighted by atomic mass is 16.5. The number of para-hydroxylation sites is 1. The van der Waals surface area contributed by atoms with Crippen molar-refractivity contribution in [1.82, 2.24) is 9.88 Å². The third-order valence-corrected chi connectivity index (χ3v) is 5.52. The van der Waals surface area contributed by atoms with Crippen LogP contribution in [0.2, 0.25) is 0 Å². The number of hydrogen-bond acceptors (Lipinski definition) is 3. The van der Waals surface area contributed by atoms with Crippen LogP contribution >= 0.6 is 0 Å². The highest BCUT2D eigenvalue weighted by Gasteiger charge is 2.17. The molecule has 6 nitrogen and oxygen atoms in total. The Morgan fingerprint density at radius 2 is 1.79 bits per heavy atom. The van der Waals surface area contributed by atoms with E-state index in [1.54, 1.807) is 0 Å². The van der Waals surface area contributed by atoms with Crippen LogP contribution in [0.4, 0.5) is 5.69 Å². The second-order valence-corrected chi connectivity index (χ2v) is 7.42. The van der Waals surface area contributed by atoms with Crippen LogP contribution in [0.25, 0.3) is 10.9 Å². The monoisotopic (exact) mass is 391 g/mol. The lowest BCUT2D eigenvalue weighted by Crippen LogP contribution is -2.41. The van der Waals surface area contributed by atoms with Gasteiger partial charge < -0.3 is 19.9 Å². The summed E-state index contributed by atoms with van der Waals surface area (Å²) in [6.07, 6.45) is 0.356. The number of aromatic nitrogens is 1. The van der Waals surface area contributed by atoms with Crippen molar-refractivity contribution in [2.45, 2.75) is 20.3 Å². The second kappa shape index (κ2) is 8.09. The SMILES string of the molecule is Cc1[nH]c2c(C(=O)Nc3ccc(CC(=O)N4CCOCC4)cc3)cccc2c1C. The molecule has 2 heterocycles. The average molecular weight is 391 g/mol. The number of aromatic amines is 1. The van der Waals surface area contributed by atoms with E-state index in [1.807, 2.05) is 61.2 Å². The molecule has 0 radical (unpaired) electrons. The van der Waals surface area contributed by atoms with Crippen molar-refractivity contribution < 1.29 is 14.3 Å². The zero-order valence-corrected chi connectivity index (χ0v) is 16.7. The van der Waals surface area contributed by atoms with Crippen molar-refractivity contribution in [3.63, 3.8) is 0 Å². The summed E-state index contributed by atoms with van der Waals surface area (Å²) >= 11 is 0. The normalized spacial score (nSPS) is 14.2. The number of morpholine rings is 1. The fraction of sp³-hybridized carbons (Fsp3) is 0.304. The molecular formula is C23H25N3O3. The van der Waals surface area contributed by atoms with Crippen molar-refractivity contribution in [3.8, 4) is 0 Å². The molecule has 3 aromatic rings. The van der Waals surface area contributed by atoms with Gasteiger partial charge in [0, 0.05) is 29.9 Å². The second-order valence-electron chi connectivity index (χ2n) is 7.42. The first-order chi connectivity index (χ1) is 14.0. The quantitative estimate of drug-likeness (QED) is 0.715. The van der Waals surface area contributed by atoms with Gasteiger partial charge in [-0.25, -0.2) is 0 Å². The number of hydrogen-bond donors (Lipinski definition) is 2. The van der Waals surface area contributed by atoms with Gasteiger partial charge in [-0.15, -0.1) is 0 Å². The van der Waals surface area contributed by atoms with E-state index in [0.717, 1.165) is 27.7 Å². The number of H-pyrrole nitrogens is 1. The fourth-order valence-corrected chi connectivity index (χ4v) is 3.68. The Morgan fingerprint density at radius 1 is 1.07 bits per heavy atom. The Balaban J connectivity index is 1.44. The van der Waals surface area contributed by atoms with E-state index in [0.29, 0.717) is 44.0 Å². The maximum absolute atomic E-state index is 12.8. The molecule has 0 saturated carbocycles. The Bertz CT molecular complexity index is 1050. The highest BCUT2D eigenvalue weighted by molar-refractivity contribution is 6.12.